The van der Waals surface area contributed by atoms with Gasteiger partial charge in [0, 0.05) is 12.0 Å². The molecule has 0 fully saturated rings. The maximum atomic E-state index is 10.6. The number of aromatic carboxylic acids is 1. The van der Waals surface area contributed by atoms with Crippen molar-refractivity contribution in [3.63, 3.8) is 0 Å². The van der Waals surface area contributed by atoms with Gasteiger partial charge in [-0.25, -0.2) is 4.79 Å². The summed E-state index contributed by atoms with van der Waals surface area (Å²) < 4.78 is 5.15. The molecule has 0 spiro atoms. The van der Waals surface area contributed by atoms with Gasteiger partial charge in [0.1, 0.15) is 11.5 Å². The van der Waals surface area contributed by atoms with Crippen LogP contribution in [0.1, 0.15) is 15.9 Å². The predicted molar refractivity (Wildman–Crippen MR) is 44.3 cm³/mol. The van der Waals surface area contributed by atoms with Crippen molar-refractivity contribution in [3.05, 3.63) is 23.3 Å². The van der Waals surface area contributed by atoms with Crippen molar-refractivity contribution in [2.75, 3.05) is 6.61 Å². The number of rotatable bonds is 1. The van der Waals surface area contributed by atoms with E-state index >= 15 is 0 Å². The number of phenolic OH excluding ortho intramolecular Hbond substituents is 1. The van der Waals surface area contributed by atoms with E-state index in [-0.39, 0.29) is 11.3 Å². The van der Waals surface area contributed by atoms with Crippen LogP contribution in [0.5, 0.6) is 11.5 Å². The average molecular weight is 180 g/mol. The molecule has 0 saturated heterocycles. The highest BCUT2D eigenvalue weighted by Gasteiger charge is 2.19. The normalized spacial score (nSPS) is 13.5. The molecule has 68 valence electrons. The number of aromatic hydroxyl groups is 1. The summed E-state index contributed by atoms with van der Waals surface area (Å²) in [6, 6.07) is 2.68. The number of ether oxygens (including phenoxy) is 1. The third kappa shape index (κ3) is 1.20. The molecule has 0 aliphatic carbocycles. The van der Waals surface area contributed by atoms with Gasteiger partial charge in [0.25, 0.3) is 0 Å². The molecule has 4 heteroatoms. The highest BCUT2D eigenvalue weighted by atomic mass is 16.5. The molecule has 0 radical (unpaired) electrons. The first-order valence-corrected chi connectivity index (χ1v) is 3.90. The van der Waals surface area contributed by atoms with Crippen LogP contribution in [-0.2, 0) is 6.42 Å². The Kier molecular flexibility index (Phi) is 1.62. The third-order valence-electron chi connectivity index (χ3n) is 2.04. The molecule has 0 unspecified atom stereocenters. The summed E-state index contributed by atoms with van der Waals surface area (Å²) in [5.41, 5.74) is 0.753. The Morgan fingerprint density at radius 1 is 1.46 bits per heavy atom. The van der Waals surface area contributed by atoms with Crippen LogP contribution >= 0.6 is 0 Å². The Balaban J connectivity index is 2.55. The molecule has 1 aromatic carbocycles. The van der Waals surface area contributed by atoms with Crippen LogP contribution < -0.4 is 4.74 Å². The summed E-state index contributed by atoms with van der Waals surface area (Å²) >= 11 is 0. The largest absolute Gasteiger partial charge is 0.508 e. The van der Waals surface area contributed by atoms with E-state index in [1.165, 1.54) is 12.1 Å². The van der Waals surface area contributed by atoms with E-state index < -0.39 is 5.97 Å². The Morgan fingerprint density at radius 3 is 2.92 bits per heavy atom. The Morgan fingerprint density at radius 2 is 2.23 bits per heavy atom. The lowest BCUT2D eigenvalue weighted by Gasteiger charge is -2.02. The SMILES string of the molecule is O=C(O)c1cc(O)c2c(c1)OCC2. The minimum Gasteiger partial charge on any atom is -0.508 e. The van der Waals surface area contributed by atoms with Gasteiger partial charge >= 0.3 is 5.97 Å². The van der Waals surface area contributed by atoms with Crippen molar-refractivity contribution in [1.82, 2.24) is 0 Å². The number of carboxylic acids is 1. The monoisotopic (exact) mass is 180 g/mol. The molecule has 1 aliphatic rings. The second kappa shape index (κ2) is 2.65. The molecule has 13 heavy (non-hydrogen) atoms. The van der Waals surface area contributed by atoms with Gasteiger partial charge in [-0.15, -0.1) is 0 Å². The Labute approximate surface area is 74.4 Å². The van der Waals surface area contributed by atoms with Crippen molar-refractivity contribution < 1.29 is 19.7 Å². The molecule has 2 rings (SSSR count). The van der Waals surface area contributed by atoms with Crippen LogP contribution in [-0.4, -0.2) is 22.8 Å². The van der Waals surface area contributed by atoms with Gasteiger partial charge < -0.3 is 14.9 Å². The van der Waals surface area contributed by atoms with Crippen molar-refractivity contribution in [2.45, 2.75) is 6.42 Å². The zero-order valence-corrected chi connectivity index (χ0v) is 6.78. The predicted octanol–water partition coefficient (Wildman–Crippen LogP) is 1.03. The van der Waals surface area contributed by atoms with Crippen molar-refractivity contribution in [2.24, 2.45) is 0 Å². The Bertz CT molecular complexity index is 370. The smallest absolute Gasteiger partial charge is 0.335 e. The Hall–Kier alpha value is -1.71. The van der Waals surface area contributed by atoms with Crippen LogP contribution in [0, 0.1) is 0 Å². The number of benzene rings is 1. The maximum Gasteiger partial charge on any atom is 0.335 e. The molecule has 0 amide bonds. The summed E-state index contributed by atoms with van der Waals surface area (Å²) in [5.74, 6) is -0.571. The van der Waals surface area contributed by atoms with E-state index in [0.29, 0.717) is 24.3 Å². The summed E-state index contributed by atoms with van der Waals surface area (Å²) in [4.78, 5) is 10.6. The summed E-state index contributed by atoms with van der Waals surface area (Å²) in [5, 5.41) is 18.1. The fourth-order valence-corrected chi connectivity index (χ4v) is 1.40. The van der Waals surface area contributed by atoms with E-state index in [1.807, 2.05) is 0 Å². The number of carboxylic acid groups (broad SMARTS) is 1. The first kappa shape index (κ1) is 7.91. The van der Waals surface area contributed by atoms with Gasteiger partial charge in [-0.3, -0.25) is 0 Å². The lowest BCUT2D eigenvalue weighted by molar-refractivity contribution is 0.0696. The van der Waals surface area contributed by atoms with Crippen LogP contribution in [0.2, 0.25) is 0 Å². The van der Waals surface area contributed by atoms with Crippen molar-refractivity contribution >= 4 is 5.97 Å². The number of carbonyl (C=O) groups is 1. The van der Waals surface area contributed by atoms with Crippen molar-refractivity contribution in [3.8, 4) is 11.5 Å². The number of hydrogen-bond acceptors (Lipinski definition) is 3. The molecule has 0 aromatic heterocycles. The highest BCUT2D eigenvalue weighted by molar-refractivity contribution is 5.89. The lowest BCUT2D eigenvalue weighted by atomic mass is 10.1. The number of fused-ring (bicyclic) bond motifs is 1. The molecular weight excluding hydrogens is 172 g/mol. The third-order valence-corrected chi connectivity index (χ3v) is 2.04. The van der Waals surface area contributed by atoms with E-state index in [0.717, 1.165) is 0 Å². The summed E-state index contributed by atoms with van der Waals surface area (Å²) in [6.07, 6.45) is 0.640. The molecule has 0 bridgehead atoms. The molecule has 1 aliphatic heterocycles. The lowest BCUT2D eigenvalue weighted by Crippen LogP contribution is -1.96. The first-order chi connectivity index (χ1) is 6.18. The number of phenols is 1. The van der Waals surface area contributed by atoms with E-state index in [9.17, 15) is 9.90 Å². The molecule has 1 heterocycles. The van der Waals surface area contributed by atoms with E-state index in [2.05, 4.69) is 0 Å². The molecular formula is C9H8O4. The summed E-state index contributed by atoms with van der Waals surface area (Å²) in [6.45, 7) is 0.506. The quantitative estimate of drug-likeness (QED) is 0.677. The maximum absolute atomic E-state index is 10.6. The van der Waals surface area contributed by atoms with Gasteiger partial charge in [-0.2, -0.15) is 0 Å². The highest BCUT2D eigenvalue weighted by Crippen LogP contribution is 2.33. The van der Waals surface area contributed by atoms with Gasteiger partial charge in [0.15, 0.2) is 0 Å². The second-order valence-corrected chi connectivity index (χ2v) is 2.88. The number of hydrogen-bond donors (Lipinski definition) is 2. The van der Waals surface area contributed by atoms with Gasteiger partial charge in [-0.1, -0.05) is 0 Å². The minimum absolute atomic E-state index is 0.00685. The summed E-state index contributed by atoms with van der Waals surface area (Å²) in [7, 11) is 0. The van der Waals surface area contributed by atoms with Gasteiger partial charge in [0.2, 0.25) is 0 Å². The van der Waals surface area contributed by atoms with Crippen LogP contribution in [0.3, 0.4) is 0 Å². The standard InChI is InChI=1S/C9H8O4/c10-7-3-5(9(11)12)4-8-6(7)1-2-13-8/h3-4,10H,1-2H2,(H,11,12). The van der Waals surface area contributed by atoms with Gasteiger partial charge in [0.05, 0.1) is 12.2 Å². The van der Waals surface area contributed by atoms with E-state index in [1.54, 1.807) is 0 Å². The topological polar surface area (TPSA) is 66.8 Å². The average Bonchev–Trinajstić information content (AvgIpc) is 2.51. The van der Waals surface area contributed by atoms with Crippen LogP contribution in [0.4, 0.5) is 0 Å². The minimum atomic E-state index is -1.06. The fraction of sp³-hybridized carbons (Fsp3) is 0.222. The zero-order chi connectivity index (χ0) is 9.42. The van der Waals surface area contributed by atoms with Crippen LogP contribution in [0.15, 0.2) is 12.1 Å². The molecule has 1 aromatic rings. The fourth-order valence-electron chi connectivity index (χ4n) is 1.40. The van der Waals surface area contributed by atoms with Crippen molar-refractivity contribution in [1.29, 1.82) is 0 Å². The zero-order valence-electron chi connectivity index (χ0n) is 6.78. The van der Waals surface area contributed by atoms with Gasteiger partial charge in [-0.05, 0) is 12.1 Å². The second-order valence-electron chi connectivity index (χ2n) is 2.88. The first-order valence-electron chi connectivity index (χ1n) is 3.90. The molecule has 0 atom stereocenters. The molecule has 2 N–H and O–H groups in total. The van der Waals surface area contributed by atoms with E-state index in [4.69, 9.17) is 9.84 Å². The molecule has 0 saturated carbocycles. The van der Waals surface area contributed by atoms with Crippen LogP contribution in [0.25, 0.3) is 0 Å². The molecule has 4 nitrogen and oxygen atoms in total.